The summed E-state index contributed by atoms with van der Waals surface area (Å²) in [5.41, 5.74) is 5.89. The van der Waals surface area contributed by atoms with E-state index in [1.54, 1.807) is 6.21 Å². The molecule has 1 N–H and O–H groups in total. The summed E-state index contributed by atoms with van der Waals surface area (Å²) in [6.45, 7) is 8.47. The highest BCUT2D eigenvalue weighted by atomic mass is 79.9. The first kappa shape index (κ1) is 20.2. The van der Waals surface area contributed by atoms with Gasteiger partial charge in [0, 0.05) is 0 Å². The van der Waals surface area contributed by atoms with Crippen molar-refractivity contribution in [2.75, 3.05) is 6.61 Å². The number of rotatable bonds is 7. The van der Waals surface area contributed by atoms with E-state index in [0.717, 1.165) is 10.0 Å². The molecule has 2 aromatic carbocycles. The molecule has 0 atom stereocenters. The Bertz CT molecular complexity index is 768. The predicted molar refractivity (Wildman–Crippen MR) is 110 cm³/mol. The number of hydrazone groups is 1. The second-order valence-corrected chi connectivity index (χ2v) is 7.60. The maximum atomic E-state index is 11.9. The highest BCUT2D eigenvalue weighted by Crippen LogP contribution is 2.28. The van der Waals surface area contributed by atoms with E-state index in [0.29, 0.717) is 17.6 Å². The molecule has 2 aromatic rings. The summed E-state index contributed by atoms with van der Waals surface area (Å²) >= 11 is 3.48. The quantitative estimate of drug-likeness (QED) is 0.496. The Morgan fingerprint density at radius 3 is 2.27 bits per heavy atom. The molecule has 0 saturated heterocycles. The number of halogens is 1. The highest BCUT2D eigenvalue weighted by Gasteiger charge is 2.07. The molecule has 138 valence electrons. The Labute approximate surface area is 163 Å². The minimum Gasteiger partial charge on any atom is -0.483 e. The molecule has 0 unspecified atom stereocenters. The van der Waals surface area contributed by atoms with Crippen molar-refractivity contribution in [2.45, 2.75) is 39.5 Å². The maximum Gasteiger partial charge on any atom is 0.277 e. The van der Waals surface area contributed by atoms with Gasteiger partial charge in [-0.2, -0.15) is 5.10 Å². The third-order valence-corrected chi connectivity index (χ3v) is 4.61. The Morgan fingerprint density at radius 1 is 1.08 bits per heavy atom. The number of carbonyl (C=O) groups is 1. The average Bonchev–Trinajstić information content (AvgIpc) is 2.61. The third kappa shape index (κ3) is 5.99. The molecule has 0 aliphatic rings. The van der Waals surface area contributed by atoms with Crippen molar-refractivity contribution in [3.05, 3.63) is 63.6 Å². The minimum atomic E-state index is -0.306. The van der Waals surface area contributed by atoms with E-state index < -0.39 is 0 Å². The summed E-state index contributed by atoms with van der Waals surface area (Å²) in [7, 11) is 0. The number of nitrogens with zero attached hydrogens (tertiary/aromatic N) is 1. The van der Waals surface area contributed by atoms with Gasteiger partial charge in [-0.25, -0.2) is 5.43 Å². The summed E-state index contributed by atoms with van der Waals surface area (Å²) in [6.07, 6.45) is 1.62. The van der Waals surface area contributed by atoms with Crippen LogP contribution in [0.2, 0.25) is 0 Å². The van der Waals surface area contributed by atoms with Crippen molar-refractivity contribution >= 4 is 28.1 Å². The lowest BCUT2D eigenvalue weighted by Gasteiger charge is -2.10. The molecule has 0 spiro atoms. The summed E-state index contributed by atoms with van der Waals surface area (Å²) < 4.78 is 6.38. The molecule has 26 heavy (non-hydrogen) atoms. The first-order chi connectivity index (χ1) is 12.4. The summed E-state index contributed by atoms with van der Waals surface area (Å²) in [4.78, 5) is 11.9. The standard InChI is InChI=1S/C21H25BrN2O2/c1-14(2)17-7-5-16(6-8-17)12-23-24-21(25)13-26-20-10-9-18(15(3)4)11-19(20)22/h5-12,14-15H,13H2,1-4H3,(H,24,25)/b23-12+. The van der Waals surface area contributed by atoms with Gasteiger partial charge in [0.25, 0.3) is 5.91 Å². The van der Waals surface area contributed by atoms with E-state index >= 15 is 0 Å². The molecule has 1 amide bonds. The van der Waals surface area contributed by atoms with Gasteiger partial charge in [-0.15, -0.1) is 0 Å². The molecular weight excluding hydrogens is 392 g/mol. The van der Waals surface area contributed by atoms with Gasteiger partial charge in [-0.3, -0.25) is 4.79 Å². The summed E-state index contributed by atoms with van der Waals surface area (Å²) in [6, 6.07) is 14.0. The zero-order valence-corrected chi connectivity index (χ0v) is 17.2. The van der Waals surface area contributed by atoms with Gasteiger partial charge < -0.3 is 4.74 Å². The lowest BCUT2D eigenvalue weighted by molar-refractivity contribution is -0.123. The summed E-state index contributed by atoms with van der Waals surface area (Å²) in [5, 5.41) is 3.97. The highest BCUT2D eigenvalue weighted by molar-refractivity contribution is 9.10. The van der Waals surface area contributed by atoms with Crippen LogP contribution in [0.25, 0.3) is 0 Å². The van der Waals surface area contributed by atoms with Crippen LogP contribution in [0.1, 0.15) is 56.2 Å². The number of hydrogen-bond donors (Lipinski definition) is 1. The number of ether oxygens (including phenoxy) is 1. The van der Waals surface area contributed by atoms with Crippen LogP contribution in [0.5, 0.6) is 5.75 Å². The largest absolute Gasteiger partial charge is 0.483 e. The Kier molecular flexibility index (Phi) is 7.39. The first-order valence-electron chi connectivity index (χ1n) is 8.71. The second-order valence-electron chi connectivity index (χ2n) is 6.75. The molecule has 0 saturated carbocycles. The topological polar surface area (TPSA) is 50.7 Å². The molecule has 0 radical (unpaired) electrons. The lowest BCUT2D eigenvalue weighted by atomic mass is 10.0. The van der Waals surface area contributed by atoms with E-state index in [4.69, 9.17) is 4.74 Å². The third-order valence-electron chi connectivity index (χ3n) is 3.99. The molecule has 0 heterocycles. The minimum absolute atomic E-state index is 0.0940. The van der Waals surface area contributed by atoms with Crippen molar-refractivity contribution in [3.63, 3.8) is 0 Å². The number of carbonyl (C=O) groups excluding carboxylic acids is 1. The molecular formula is C21H25BrN2O2. The van der Waals surface area contributed by atoms with Crippen LogP contribution in [0, 0.1) is 0 Å². The second kappa shape index (κ2) is 9.53. The molecule has 0 aliphatic heterocycles. The molecule has 5 heteroatoms. The van der Waals surface area contributed by atoms with Gasteiger partial charge >= 0.3 is 0 Å². The van der Waals surface area contributed by atoms with E-state index in [2.05, 4.69) is 66.3 Å². The van der Waals surface area contributed by atoms with Crippen LogP contribution in [0.3, 0.4) is 0 Å². The molecule has 2 rings (SSSR count). The van der Waals surface area contributed by atoms with Gasteiger partial charge in [0.1, 0.15) is 5.75 Å². The normalized spacial score (nSPS) is 11.3. The van der Waals surface area contributed by atoms with Crippen LogP contribution in [-0.2, 0) is 4.79 Å². The van der Waals surface area contributed by atoms with E-state index in [9.17, 15) is 4.79 Å². The van der Waals surface area contributed by atoms with Gasteiger partial charge in [-0.1, -0.05) is 58.0 Å². The zero-order valence-electron chi connectivity index (χ0n) is 15.6. The molecule has 0 bridgehead atoms. The van der Waals surface area contributed by atoms with Crippen molar-refractivity contribution in [2.24, 2.45) is 5.10 Å². The molecule has 0 aromatic heterocycles. The zero-order chi connectivity index (χ0) is 19.1. The van der Waals surface area contributed by atoms with E-state index in [1.165, 1.54) is 11.1 Å². The molecule has 4 nitrogen and oxygen atoms in total. The summed E-state index contributed by atoms with van der Waals surface area (Å²) in [5.74, 6) is 1.26. The molecule has 0 fully saturated rings. The number of hydrogen-bond acceptors (Lipinski definition) is 3. The Hall–Kier alpha value is -2.14. The van der Waals surface area contributed by atoms with Crippen molar-refractivity contribution in [1.29, 1.82) is 0 Å². The van der Waals surface area contributed by atoms with Crippen molar-refractivity contribution in [1.82, 2.24) is 5.43 Å². The number of benzene rings is 2. The van der Waals surface area contributed by atoms with Crippen LogP contribution in [0.15, 0.2) is 52.0 Å². The van der Waals surface area contributed by atoms with Gasteiger partial charge in [-0.05, 0) is 56.6 Å². The monoisotopic (exact) mass is 416 g/mol. The van der Waals surface area contributed by atoms with Crippen molar-refractivity contribution < 1.29 is 9.53 Å². The fourth-order valence-corrected chi connectivity index (χ4v) is 2.83. The van der Waals surface area contributed by atoms with Gasteiger partial charge in [0.15, 0.2) is 6.61 Å². The van der Waals surface area contributed by atoms with E-state index in [1.807, 2.05) is 30.3 Å². The molecule has 0 aliphatic carbocycles. The van der Waals surface area contributed by atoms with Crippen LogP contribution in [-0.4, -0.2) is 18.7 Å². The van der Waals surface area contributed by atoms with E-state index in [-0.39, 0.29) is 12.5 Å². The SMILES string of the molecule is CC(C)c1ccc(/C=N/NC(=O)COc2ccc(C(C)C)cc2Br)cc1. The van der Waals surface area contributed by atoms with Gasteiger partial charge in [0.05, 0.1) is 10.7 Å². The average molecular weight is 417 g/mol. The Morgan fingerprint density at radius 2 is 1.69 bits per heavy atom. The lowest BCUT2D eigenvalue weighted by Crippen LogP contribution is -2.24. The Balaban J connectivity index is 1.83. The predicted octanol–water partition coefficient (Wildman–Crippen LogP) is 5.23. The van der Waals surface area contributed by atoms with Crippen LogP contribution >= 0.6 is 15.9 Å². The first-order valence-corrected chi connectivity index (χ1v) is 9.50. The number of amides is 1. The fourth-order valence-electron chi connectivity index (χ4n) is 2.31. The maximum absolute atomic E-state index is 11.9. The van der Waals surface area contributed by atoms with Crippen molar-refractivity contribution in [3.8, 4) is 5.75 Å². The van der Waals surface area contributed by atoms with Crippen LogP contribution in [0.4, 0.5) is 0 Å². The smallest absolute Gasteiger partial charge is 0.277 e. The van der Waals surface area contributed by atoms with Gasteiger partial charge in [0.2, 0.25) is 0 Å². The number of nitrogens with one attached hydrogen (secondary N) is 1. The van der Waals surface area contributed by atoms with Crippen LogP contribution < -0.4 is 10.2 Å². The fraction of sp³-hybridized carbons (Fsp3) is 0.333.